The van der Waals surface area contributed by atoms with Crippen LogP contribution in [0.3, 0.4) is 0 Å². The molecule has 0 saturated carbocycles. The second kappa shape index (κ2) is 7.96. The van der Waals surface area contributed by atoms with Crippen molar-refractivity contribution >= 4 is 17.2 Å². The molecule has 1 amide bonds. The molecule has 1 aromatic carbocycles. The number of amides is 1. The van der Waals surface area contributed by atoms with Gasteiger partial charge in [0.25, 0.3) is 5.91 Å². The van der Waals surface area contributed by atoms with Crippen LogP contribution in [-0.2, 0) is 0 Å². The molecule has 1 heterocycles. The van der Waals surface area contributed by atoms with Crippen LogP contribution in [0.5, 0.6) is 0 Å². The first-order valence-corrected chi connectivity index (χ1v) is 8.08. The van der Waals surface area contributed by atoms with Crippen molar-refractivity contribution in [2.45, 2.75) is 25.7 Å². The molecular formula is C17H21NO2S. The van der Waals surface area contributed by atoms with Gasteiger partial charge in [-0.15, -0.1) is 11.3 Å². The Morgan fingerprint density at radius 2 is 2.05 bits per heavy atom. The van der Waals surface area contributed by atoms with Gasteiger partial charge in [-0.3, -0.25) is 4.79 Å². The summed E-state index contributed by atoms with van der Waals surface area (Å²) in [6, 6.07) is 12.1. The molecule has 0 bridgehead atoms. The van der Waals surface area contributed by atoms with Crippen LogP contribution < -0.4 is 5.32 Å². The van der Waals surface area contributed by atoms with Gasteiger partial charge in [-0.1, -0.05) is 30.3 Å². The Balaban J connectivity index is 1.86. The number of benzene rings is 1. The third kappa shape index (κ3) is 4.69. The van der Waals surface area contributed by atoms with E-state index in [1.807, 2.05) is 36.6 Å². The van der Waals surface area contributed by atoms with Crippen molar-refractivity contribution in [1.29, 1.82) is 0 Å². The molecule has 2 N–H and O–H groups in total. The highest BCUT2D eigenvalue weighted by Crippen LogP contribution is 2.22. The van der Waals surface area contributed by atoms with Crippen molar-refractivity contribution in [2.24, 2.45) is 0 Å². The number of rotatable bonds is 7. The zero-order valence-corrected chi connectivity index (χ0v) is 13.0. The van der Waals surface area contributed by atoms with Crippen LogP contribution in [0.2, 0.25) is 0 Å². The second-order valence-electron chi connectivity index (χ2n) is 5.15. The molecule has 0 saturated heterocycles. The van der Waals surface area contributed by atoms with E-state index in [9.17, 15) is 9.90 Å². The van der Waals surface area contributed by atoms with Crippen LogP contribution in [0.15, 0.2) is 41.8 Å². The third-order valence-corrected chi connectivity index (χ3v) is 4.53. The Labute approximate surface area is 129 Å². The van der Waals surface area contributed by atoms with Gasteiger partial charge in [-0.25, -0.2) is 0 Å². The summed E-state index contributed by atoms with van der Waals surface area (Å²) in [5.74, 6) is 0.269. The molecule has 2 aromatic rings. The minimum Gasteiger partial charge on any atom is -0.396 e. The van der Waals surface area contributed by atoms with Gasteiger partial charge in [0.15, 0.2) is 0 Å². The Bertz CT molecular complexity index is 565. The van der Waals surface area contributed by atoms with E-state index >= 15 is 0 Å². The molecule has 0 aliphatic heterocycles. The standard InChI is InChI=1S/C17H21NO2S/c1-13-11-16(21-12-13)17(20)18-9-7-15(8-10-19)14-5-3-2-4-6-14/h2-6,11-12,15,19H,7-10H2,1H3,(H,18,20). The number of hydrogen-bond donors (Lipinski definition) is 2. The Kier molecular flexibility index (Phi) is 5.96. The molecule has 0 aliphatic carbocycles. The lowest BCUT2D eigenvalue weighted by Gasteiger charge is -2.16. The van der Waals surface area contributed by atoms with Crippen LogP contribution in [0, 0.1) is 6.92 Å². The number of hydrogen-bond acceptors (Lipinski definition) is 3. The van der Waals surface area contributed by atoms with Crippen molar-refractivity contribution in [2.75, 3.05) is 13.2 Å². The lowest BCUT2D eigenvalue weighted by Crippen LogP contribution is -2.25. The summed E-state index contributed by atoms with van der Waals surface area (Å²) in [6.45, 7) is 2.77. The molecule has 1 unspecified atom stereocenters. The van der Waals surface area contributed by atoms with Crippen LogP contribution in [0.1, 0.15) is 39.6 Å². The van der Waals surface area contributed by atoms with Crippen molar-refractivity contribution in [3.63, 3.8) is 0 Å². The van der Waals surface area contributed by atoms with E-state index in [2.05, 4.69) is 17.4 Å². The van der Waals surface area contributed by atoms with E-state index in [4.69, 9.17) is 0 Å². The molecule has 112 valence electrons. The largest absolute Gasteiger partial charge is 0.396 e. The average Bonchev–Trinajstić information content (AvgIpc) is 2.94. The molecule has 21 heavy (non-hydrogen) atoms. The molecule has 1 aromatic heterocycles. The summed E-state index contributed by atoms with van der Waals surface area (Å²) in [5, 5.41) is 14.1. The predicted molar refractivity (Wildman–Crippen MR) is 86.9 cm³/mol. The average molecular weight is 303 g/mol. The number of aryl methyl sites for hydroxylation is 1. The zero-order valence-electron chi connectivity index (χ0n) is 12.2. The van der Waals surface area contributed by atoms with Crippen LogP contribution >= 0.6 is 11.3 Å². The smallest absolute Gasteiger partial charge is 0.261 e. The predicted octanol–water partition coefficient (Wildman–Crippen LogP) is 3.34. The Hall–Kier alpha value is -1.65. The number of aliphatic hydroxyl groups excluding tert-OH is 1. The molecule has 0 aliphatic rings. The molecule has 4 heteroatoms. The summed E-state index contributed by atoms with van der Waals surface area (Å²) >= 11 is 1.47. The minimum atomic E-state index is -0.0103. The minimum absolute atomic E-state index is 0.0103. The van der Waals surface area contributed by atoms with Gasteiger partial charge in [0.1, 0.15) is 0 Å². The number of carbonyl (C=O) groups excluding carboxylic acids is 1. The highest BCUT2D eigenvalue weighted by molar-refractivity contribution is 7.12. The van der Waals surface area contributed by atoms with E-state index in [1.54, 1.807) is 0 Å². The molecule has 2 rings (SSSR count). The van der Waals surface area contributed by atoms with Gasteiger partial charge < -0.3 is 10.4 Å². The molecule has 1 atom stereocenters. The van der Waals surface area contributed by atoms with Crippen LogP contribution in [0.25, 0.3) is 0 Å². The molecule has 3 nitrogen and oxygen atoms in total. The van der Waals surface area contributed by atoms with Crippen molar-refractivity contribution in [1.82, 2.24) is 5.32 Å². The van der Waals surface area contributed by atoms with E-state index in [0.717, 1.165) is 23.3 Å². The van der Waals surface area contributed by atoms with Gasteiger partial charge in [0.05, 0.1) is 4.88 Å². The lowest BCUT2D eigenvalue weighted by atomic mass is 9.93. The van der Waals surface area contributed by atoms with Crippen LogP contribution in [-0.4, -0.2) is 24.2 Å². The number of nitrogens with one attached hydrogen (secondary N) is 1. The summed E-state index contributed by atoms with van der Waals surface area (Å²) in [7, 11) is 0. The summed E-state index contributed by atoms with van der Waals surface area (Å²) < 4.78 is 0. The maximum Gasteiger partial charge on any atom is 0.261 e. The SMILES string of the molecule is Cc1csc(C(=O)NCCC(CCO)c2ccccc2)c1. The van der Waals surface area contributed by atoms with Gasteiger partial charge >= 0.3 is 0 Å². The lowest BCUT2D eigenvalue weighted by molar-refractivity contribution is 0.0956. The number of carbonyl (C=O) groups is 1. The van der Waals surface area contributed by atoms with Gasteiger partial charge in [0.2, 0.25) is 0 Å². The first kappa shape index (κ1) is 15.7. The normalized spacial score (nSPS) is 12.1. The monoisotopic (exact) mass is 303 g/mol. The van der Waals surface area contributed by atoms with E-state index in [0.29, 0.717) is 6.54 Å². The van der Waals surface area contributed by atoms with E-state index < -0.39 is 0 Å². The fraction of sp³-hybridized carbons (Fsp3) is 0.353. The fourth-order valence-electron chi connectivity index (χ4n) is 2.36. The highest BCUT2D eigenvalue weighted by atomic mass is 32.1. The second-order valence-corrected chi connectivity index (χ2v) is 6.06. The highest BCUT2D eigenvalue weighted by Gasteiger charge is 2.12. The van der Waals surface area contributed by atoms with E-state index in [1.165, 1.54) is 16.9 Å². The number of thiophene rings is 1. The Morgan fingerprint density at radius 3 is 2.67 bits per heavy atom. The van der Waals surface area contributed by atoms with Crippen LogP contribution in [0.4, 0.5) is 0 Å². The molecule has 0 spiro atoms. The third-order valence-electron chi connectivity index (χ3n) is 3.48. The molecule has 0 fully saturated rings. The van der Waals surface area contributed by atoms with Gasteiger partial charge in [-0.05, 0) is 48.3 Å². The summed E-state index contributed by atoms with van der Waals surface area (Å²) in [5.41, 5.74) is 2.33. The molecule has 0 radical (unpaired) electrons. The zero-order chi connectivity index (χ0) is 15.1. The Morgan fingerprint density at radius 1 is 1.29 bits per heavy atom. The first-order valence-electron chi connectivity index (χ1n) is 7.20. The molecular weight excluding hydrogens is 282 g/mol. The van der Waals surface area contributed by atoms with Gasteiger partial charge in [0, 0.05) is 13.2 Å². The summed E-state index contributed by atoms with van der Waals surface area (Å²) in [4.78, 5) is 12.7. The van der Waals surface area contributed by atoms with Crippen molar-refractivity contribution < 1.29 is 9.90 Å². The first-order chi connectivity index (χ1) is 10.2. The number of aliphatic hydroxyl groups is 1. The fourth-order valence-corrected chi connectivity index (χ4v) is 3.17. The van der Waals surface area contributed by atoms with E-state index in [-0.39, 0.29) is 18.4 Å². The van der Waals surface area contributed by atoms with Crippen molar-refractivity contribution in [3.8, 4) is 0 Å². The maximum atomic E-state index is 12.0. The quantitative estimate of drug-likeness (QED) is 0.824. The summed E-state index contributed by atoms with van der Waals surface area (Å²) in [6.07, 6.45) is 1.55. The van der Waals surface area contributed by atoms with Crippen molar-refractivity contribution in [3.05, 3.63) is 57.8 Å². The maximum absolute atomic E-state index is 12.0. The van der Waals surface area contributed by atoms with Gasteiger partial charge in [-0.2, -0.15) is 0 Å². The topological polar surface area (TPSA) is 49.3 Å².